The molecule has 0 bridgehead atoms. The highest BCUT2D eigenvalue weighted by Gasteiger charge is 2.29. The van der Waals surface area contributed by atoms with Gasteiger partial charge in [-0.1, -0.05) is 42.5 Å². The molecule has 1 aliphatic rings. The number of benzene rings is 2. The van der Waals surface area contributed by atoms with Crippen molar-refractivity contribution in [2.24, 2.45) is 5.73 Å². The summed E-state index contributed by atoms with van der Waals surface area (Å²) in [4.78, 5) is 25.6. The summed E-state index contributed by atoms with van der Waals surface area (Å²) >= 11 is 0. The molecule has 3 N–H and O–H groups in total. The van der Waals surface area contributed by atoms with E-state index in [2.05, 4.69) is 17.4 Å². The van der Waals surface area contributed by atoms with Crippen molar-refractivity contribution in [1.29, 1.82) is 0 Å². The van der Waals surface area contributed by atoms with Crippen LogP contribution in [0.4, 0.5) is 4.79 Å². The Kier molecular flexibility index (Phi) is 5.33. The van der Waals surface area contributed by atoms with Crippen LogP contribution in [0.25, 0.3) is 0 Å². The monoisotopic (exact) mass is 337 g/mol. The Morgan fingerprint density at radius 3 is 2.44 bits per heavy atom. The van der Waals surface area contributed by atoms with Crippen LogP contribution in [0.1, 0.15) is 34.3 Å². The molecular weight excluding hydrogens is 314 g/mol. The van der Waals surface area contributed by atoms with Gasteiger partial charge in [0, 0.05) is 24.7 Å². The maximum Gasteiger partial charge on any atom is 0.312 e. The van der Waals surface area contributed by atoms with Gasteiger partial charge in [0.2, 0.25) is 0 Å². The first kappa shape index (κ1) is 17.0. The minimum absolute atomic E-state index is 0.0767. The predicted molar refractivity (Wildman–Crippen MR) is 97.1 cm³/mol. The molecule has 5 heteroatoms. The zero-order chi connectivity index (χ0) is 17.6. The van der Waals surface area contributed by atoms with Crippen molar-refractivity contribution in [1.82, 2.24) is 10.2 Å². The molecule has 1 aliphatic heterocycles. The number of nitrogens with zero attached hydrogens (tertiary/aromatic N) is 1. The Hall–Kier alpha value is -2.82. The maximum absolute atomic E-state index is 12.9. The van der Waals surface area contributed by atoms with Gasteiger partial charge in [-0.25, -0.2) is 4.79 Å². The van der Waals surface area contributed by atoms with Crippen molar-refractivity contribution in [3.63, 3.8) is 0 Å². The van der Waals surface area contributed by atoms with Crippen LogP contribution in [0.15, 0.2) is 54.6 Å². The minimum atomic E-state index is -0.555. The highest BCUT2D eigenvalue weighted by Crippen LogP contribution is 2.23. The second-order valence-electron chi connectivity index (χ2n) is 6.40. The van der Waals surface area contributed by atoms with Gasteiger partial charge in [-0.05, 0) is 42.5 Å². The average Bonchev–Trinajstić information content (AvgIpc) is 3.08. The molecule has 2 aromatic carbocycles. The molecule has 25 heavy (non-hydrogen) atoms. The number of rotatable bonds is 5. The van der Waals surface area contributed by atoms with Gasteiger partial charge in [0.05, 0.1) is 0 Å². The molecule has 1 fully saturated rings. The molecule has 2 aromatic rings. The topological polar surface area (TPSA) is 75.4 Å². The normalized spacial score (nSPS) is 16.6. The van der Waals surface area contributed by atoms with Crippen molar-refractivity contribution in [3.8, 4) is 0 Å². The van der Waals surface area contributed by atoms with E-state index in [-0.39, 0.29) is 11.9 Å². The Balaban J connectivity index is 1.65. The molecule has 3 amide bonds. The lowest BCUT2D eigenvalue weighted by Crippen LogP contribution is -2.36. The van der Waals surface area contributed by atoms with Crippen LogP contribution in [0.2, 0.25) is 0 Å². The minimum Gasteiger partial charge on any atom is -0.352 e. The zero-order valence-corrected chi connectivity index (χ0v) is 14.2. The van der Waals surface area contributed by atoms with E-state index in [1.54, 1.807) is 0 Å². The molecule has 1 heterocycles. The van der Waals surface area contributed by atoms with Crippen LogP contribution >= 0.6 is 0 Å². The number of primary amides is 1. The number of carbonyl (C=O) groups is 2. The third-order valence-corrected chi connectivity index (χ3v) is 4.62. The number of hydrogen-bond donors (Lipinski definition) is 2. The van der Waals surface area contributed by atoms with Crippen LogP contribution in [0.3, 0.4) is 0 Å². The van der Waals surface area contributed by atoms with E-state index in [1.165, 1.54) is 5.56 Å². The van der Waals surface area contributed by atoms with E-state index in [9.17, 15) is 9.59 Å². The lowest BCUT2D eigenvalue weighted by atomic mass is 10.0. The van der Waals surface area contributed by atoms with Crippen LogP contribution in [-0.4, -0.2) is 29.4 Å². The summed E-state index contributed by atoms with van der Waals surface area (Å²) in [5, 5.41) is 2.54. The van der Waals surface area contributed by atoms with E-state index < -0.39 is 6.03 Å². The van der Waals surface area contributed by atoms with E-state index >= 15 is 0 Å². The summed E-state index contributed by atoms with van der Waals surface area (Å²) in [6.07, 6.45) is 2.98. The smallest absolute Gasteiger partial charge is 0.312 e. The summed E-state index contributed by atoms with van der Waals surface area (Å²) in [6.45, 7) is 1.17. The molecule has 130 valence electrons. The molecule has 0 aliphatic carbocycles. The fourth-order valence-electron chi connectivity index (χ4n) is 3.32. The molecule has 0 radical (unpaired) electrons. The van der Waals surface area contributed by atoms with Gasteiger partial charge in [-0.3, -0.25) is 4.79 Å². The van der Waals surface area contributed by atoms with Crippen LogP contribution < -0.4 is 11.1 Å². The molecule has 5 nitrogen and oxygen atoms in total. The quantitative estimate of drug-likeness (QED) is 0.880. The fourth-order valence-corrected chi connectivity index (χ4v) is 3.32. The molecule has 0 aromatic heterocycles. The highest BCUT2D eigenvalue weighted by atomic mass is 16.2. The first-order valence-electron chi connectivity index (χ1n) is 8.60. The number of nitrogens with one attached hydrogen (secondary N) is 1. The third kappa shape index (κ3) is 4.38. The largest absolute Gasteiger partial charge is 0.352 e. The lowest BCUT2D eigenvalue weighted by Gasteiger charge is -2.25. The Morgan fingerprint density at radius 2 is 1.76 bits per heavy atom. The van der Waals surface area contributed by atoms with Gasteiger partial charge in [0.1, 0.15) is 0 Å². The Bertz CT molecular complexity index is 728. The number of urea groups is 1. The van der Waals surface area contributed by atoms with Crippen LogP contribution in [0.5, 0.6) is 0 Å². The maximum atomic E-state index is 12.9. The second kappa shape index (κ2) is 7.83. The van der Waals surface area contributed by atoms with Gasteiger partial charge in [-0.15, -0.1) is 0 Å². The van der Waals surface area contributed by atoms with Crippen molar-refractivity contribution < 1.29 is 9.59 Å². The summed E-state index contributed by atoms with van der Waals surface area (Å²) in [7, 11) is 0. The number of carbonyl (C=O) groups excluding carboxylic acids is 2. The van der Waals surface area contributed by atoms with Gasteiger partial charge in [0.15, 0.2) is 0 Å². The van der Waals surface area contributed by atoms with Gasteiger partial charge in [-0.2, -0.15) is 0 Å². The van der Waals surface area contributed by atoms with Crippen molar-refractivity contribution in [2.45, 2.75) is 31.8 Å². The van der Waals surface area contributed by atoms with E-state index in [4.69, 9.17) is 5.73 Å². The molecule has 0 spiro atoms. The molecule has 0 saturated carbocycles. The van der Waals surface area contributed by atoms with Crippen molar-refractivity contribution in [2.75, 3.05) is 6.54 Å². The van der Waals surface area contributed by atoms with Crippen LogP contribution in [0, 0.1) is 0 Å². The zero-order valence-electron chi connectivity index (χ0n) is 14.2. The lowest BCUT2D eigenvalue weighted by molar-refractivity contribution is 0.0736. The molecule has 3 rings (SSSR count). The van der Waals surface area contributed by atoms with E-state index in [1.807, 2.05) is 47.4 Å². The fraction of sp³-hybridized carbons (Fsp3) is 0.300. The first-order chi connectivity index (χ1) is 12.1. The Morgan fingerprint density at radius 1 is 1.04 bits per heavy atom. The summed E-state index contributed by atoms with van der Waals surface area (Å²) in [5.41, 5.74) is 7.93. The second-order valence-corrected chi connectivity index (χ2v) is 6.40. The SMILES string of the molecule is NC(=O)NCc1ccc(C(=O)N2CCCC2Cc2ccccc2)cc1. The summed E-state index contributed by atoms with van der Waals surface area (Å²) in [6, 6.07) is 17.4. The predicted octanol–water partition coefficient (Wildman–Crippen LogP) is 2.70. The Labute approximate surface area is 147 Å². The summed E-state index contributed by atoms with van der Waals surface area (Å²) in [5.74, 6) is 0.0767. The van der Waals surface area contributed by atoms with Gasteiger partial charge >= 0.3 is 6.03 Å². The average molecular weight is 337 g/mol. The van der Waals surface area contributed by atoms with Crippen LogP contribution in [-0.2, 0) is 13.0 Å². The molecule has 1 saturated heterocycles. The number of nitrogens with two attached hydrogens (primary N) is 1. The third-order valence-electron chi connectivity index (χ3n) is 4.62. The number of amides is 3. The van der Waals surface area contributed by atoms with Crippen molar-refractivity contribution >= 4 is 11.9 Å². The van der Waals surface area contributed by atoms with E-state index in [0.29, 0.717) is 12.1 Å². The van der Waals surface area contributed by atoms with Gasteiger partial charge in [0.25, 0.3) is 5.91 Å². The first-order valence-corrected chi connectivity index (χ1v) is 8.60. The molecule has 1 atom stereocenters. The summed E-state index contributed by atoms with van der Waals surface area (Å²) < 4.78 is 0. The van der Waals surface area contributed by atoms with E-state index in [0.717, 1.165) is 31.4 Å². The number of hydrogen-bond acceptors (Lipinski definition) is 2. The number of likely N-dealkylation sites (tertiary alicyclic amines) is 1. The highest BCUT2D eigenvalue weighted by molar-refractivity contribution is 5.94. The standard InChI is InChI=1S/C20H23N3O2/c21-20(25)22-14-16-8-10-17(11-9-16)19(24)23-12-4-7-18(23)13-15-5-2-1-3-6-15/h1-3,5-6,8-11,18H,4,7,12-14H2,(H3,21,22,25). The van der Waals surface area contributed by atoms with Crippen molar-refractivity contribution in [3.05, 3.63) is 71.3 Å². The molecule has 1 unspecified atom stereocenters. The molecular formula is C20H23N3O2. The van der Waals surface area contributed by atoms with Gasteiger partial charge < -0.3 is 16.0 Å².